The molecule has 0 bridgehead atoms. The van der Waals surface area contributed by atoms with E-state index in [2.05, 4.69) is 29.0 Å². The summed E-state index contributed by atoms with van der Waals surface area (Å²) >= 11 is 0. The predicted octanol–water partition coefficient (Wildman–Crippen LogP) is 3.25. The maximum Gasteiger partial charge on any atom is 0.0682 e. The third-order valence-corrected chi connectivity index (χ3v) is 3.69. The third-order valence-electron chi connectivity index (χ3n) is 3.69. The van der Waals surface area contributed by atoms with Crippen molar-refractivity contribution in [2.24, 2.45) is 0 Å². The first kappa shape index (κ1) is 9.91. The Morgan fingerprint density at radius 1 is 1.19 bits per heavy atom. The molecule has 1 heterocycles. The van der Waals surface area contributed by atoms with E-state index in [-0.39, 0.29) is 6.61 Å². The Bertz CT molecular complexity index is 494. The Labute approximate surface area is 95.5 Å². The number of benzene rings is 1. The summed E-state index contributed by atoms with van der Waals surface area (Å²) in [5.41, 5.74) is 2.31. The lowest BCUT2D eigenvalue weighted by atomic mass is 10.1. The first-order chi connectivity index (χ1) is 7.88. The minimum absolute atomic E-state index is 0.130. The molecule has 2 heteroatoms. The smallest absolute Gasteiger partial charge is 0.0682 e. The van der Waals surface area contributed by atoms with Gasteiger partial charge in [0.25, 0.3) is 0 Å². The number of fused-ring (bicyclic) bond motifs is 1. The molecule has 1 fully saturated rings. The van der Waals surface area contributed by atoms with Gasteiger partial charge < -0.3 is 9.67 Å². The molecule has 2 nitrogen and oxygen atoms in total. The topological polar surface area (TPSA) is 25.2 Å². The molecular weight excluding hydrogens is 198 g/mol. The van der Waals surface area contributed by atoms with Gasteiger partial charge in [0.05, 0.1) is 6.61 Å². The molecule has 0 amide bonds. The van der Waals surface area contributed by atoms with Gasteiger partial charge in [0.2, 0.25) is 0 Å². The van der Waals surface area contributed by atoms with Crippen molar-refractivity contribution in [2.75, 3.05) is 0 Å². The average molecular weight is 215 g/mol. The molecule has 0 spiro atoms. The number of hydrogen-bond donors (Lipinski definition) is 1. The maximum absolute atomic E-state index is 9.11. The van der Waals surface area contributed by atoms with Gasteiger partial charge in [-0.15, -0.1) is 0 Å². The maximum atomic E-state index is 9.11. The molecule has 0 saturated heterocycles. The van der Waals surface area contributed by atoms with Crippen molar-refractivity contribution < 1.29 is 5.11 Å². The number of rotatable bonds is 2. The molecule has 0 aliphatic heterocycles. The number of aliphatic hydroxyl groups is 1. The molecule has 16 heavy (non-hydrogen) atoms. The van der Waals surface area contributed by atoms with Crippen molar-refractivity contribution in [1.82, 2.24) is 4.57 Å². The zero-order valence-electron chi connectivity index (χ0n) is 9.39. The number of aromatic nitrogens is 1. The fourth-order valence-electron chi connectivity index (χ4n) is 2.81. The highest BCUT2D eigenvalue weighted by molar-refractivity contribution is 5.81. The van der Waals surface area contributed by atoms with Crippen molar-refractivity contribution in [1.29, 1.82) is 0 Å². The van der Waals surface area contributed by atoms with Gasteiger partial charge >= 0.3 is 0 Å². The summed E-state index contributed by atoms with van der Waals surface area (Å²) in [6.07, 6.45) is 7.54. The second-order valence-corrected chi connectivity index (χ2v) is 4.71. The second-order valence-electron chi connectivity index (χ2n) is 4.71. The van der Waals surface area contributed by atoms with Crippen LogP contribution in [0.3, 0.4) is 0 Å². The van der Waals surface area contributed by atoms with Gasteiger partial charge in [-0.25, -0.2) is 0 Å². The SMILES string of the molecule is OCc1ccc2c(ccn2C2CCCC2)c1. The summed E-state index contributed by atoms with van der Waals surface area (Å²) in [5.74, 6) is 0. The van der Waals surface area contributed by atoms with Crippen LogP contribution in [-0.4, -0.2) is 9.67 Å². The molecule has 2 aromatic rings. The molecule has 1 aromatic heterocycles. The molecule has 1 saturated carbocycles. The van der Waals surface area contributed by atoms with E-state index < -0.39 is 0 Å². The van der Waals surface area contributed by atoms with Gasteiger partial charge in [0.15, 0.2) is 0 Å². The van der Waals surface area contributed by atoms with Crippen LogP contribution in [0.4, 0.5) is 0 Å². The molecule has 0 unspecified atom stereocenters. The van der Waals surface area contributed by atoms with Gasteiger partial charge in [-0.1, -0.05) is 18.9 Å². The summed E-state index contributed by atoms with van der Waals surface area (Å²) in [5, 5.41) is 10.4. The van der Waals surface area contributed by atoms with Crippen LogP contribution in [-0.2, 0) is 6.61 Å². The van der Waals surface area contributed by atoms with Crippen LogP contribution in [0.25, 0.3) is 10.9 Å². The minimum atomic E-state index is 0.130. The Hall–Kier alpha value is -1.28. The van der Waals surface area contributed by atoms with E-state index >= 15 is 0 Å². The van der Waals surface area contributed by atoms with Gasteiger partial charge in [-0.3, -0.25) is 0 Å². The van der Waals surface area contributed by atoms with Gasteiger partial charge in [-0.05, 0) is 42.0 Å². The van der Waals surface area contributed by atoms with Crippen LogP contribution >= 0.6 is 0 Å². The number of nitrogens with zero attached hydrogens (tertiary/aromatic N) is 1. The van der Waals surface area contributed by atoms with Crippen LogP contribution in [0.1, 0.15) is 37.3 Å². The van der Waals surface area contributed by atoms with E-state index in [1.807, 2.05) is 6.07 Å². The van der Waals surface area contributed by atoms with Crippen LogP contribution in [0.15, 0.2) is 30.5 Å². The lowest BCUT2D eigenvalue weighted by Gasteiger charge is -2.13. The third kappa shape index (κ3) is 1.54. The Morgan fingerprint density at radius 3 is 2.75 bits per heavy atom. The lowest BCUT2D eigenvalue weighted by molar-refractivity contribution is 0.282. The summed E-state index contributed by atoms with van der Waals surface area (Å²) in [7, 11) is 0. The van der Waals surface area contributed by atoms with E-state index in [4.69, 9.17) is 5.11 Å². The first-order valence-electron chi connectivity index (χ1n) is 6.09. The zero-order valence-corrected chi connectivity index (χ0v) is 9.39. The van der Waals surface area contributed by atoms with Crippen LogP contribution in [0.5, 0.6) is 0 Å². The highest BCUT2D eigenvalue weighted by atomic mass is 16.3. The molecule has 3 rings (SSSR count). The van der Waals surface area contributed by atoms with E-state index in [1.54, 1.807) is 0 Å². The van der Waals surface area contributed by atoms with E-state index in [0.29, 0.717) is 6.04 Å². The molecule has 84 valence electrons. The fourth-order valence-corrected chi connectivity index (χ4v) is 2.81. The largest absolute Gasteiger partial charge is 0.392 e. The molecule has 1 N–H and O–H groups in total. The van der Waals surface area contributed by atoms with E-state index in [0.717, 1.165) is 5.56 Å². The van der Waals surface area contributed by atoms with E-state index in [1.165, 1.54) is 36.6 Å². The van der Waals surface area contributed by atoms with Crippen molar-refractivity contribution in [3.05, 3.63) is 36.0 Å². The molecule has 1 aromatic carbocycles. The minimum Gasteiger partial charge on any atom is -0.392 e. The summed E-state index contributed by atoms with van der Waals surface area (Å²) in [6, 6.07) is 9.10. The summed E-state index contributed by atoms with van der Waals surface area (Å²) < 4.78 is 2.41. The van der Waals surface area contributed by atoms with Gasteiger partial charge in [0, 0.05) is 17.8 Å². The van der Waals surface area contributed by atoms with Gasteiger partial charge in [0.1, 0.15) is 0 Å². The summed E-state index contributed by atoms with van der Waals surface area (Å²) in [6.45, 7) is 0.130. The van der Waals surface area contributed by atoms with Crippen LogP contribution in [0, 0.1) is 0 Å². The van der Waals surface area contributed by atoms with Crippen LogP contribution in [0.2, 0.25) is 0 Å². The fraction of sp³-hybridized carbons (Fsp3) is 0.429. The quantitative estimate of drug-likeness (QED) is 0.817. The summed E-state index contributed by atoms with van der Waals surface area (Å²) in [4.78, 5) is 0. The van der Waals surface area contributed by atoms with E-state index in [9.17, 15) is 0 Å². The van der Waals surface area contributed by atoms with Crippen molar-refractivity contribution in [2.45, 2.75) is 38.3 Å². The normalized spacial score (nSPS) is 17.3. The number of hydrogen-bond acceptors (Lipinski definition) is 1. The van der Waals surface area contributed by atoms with Crippen molar-refractivity contribution in [3.8, 4) is 0 Å². The molecule has 0 radical (unpaired) electrons. The zero-order chi connectivity index (χ0) is 11.0. The first-order valence-corrected chi connectivity index (χ1v) is 6.09. The van der Waals surface area contributed by atoms with Crippen molar-refractivity contribution in [3.63, 3.8) is 0 Å². The van der Waals surface area contributed by atoms with Crippen molar-refractivity contribution >= 4 is 10.9 Å². The highest BCUT2D eigenvalue weighted by Gasteiger charge is 2.17. The second kappa shape index (κ2) is 3.95. The molecule has 1 aliphatic carbocycles. The highest BCUT2D eigenvalue weighted by Crippen LogP contribution is 2.32. The molecule has 1 aliphatic rings. The Morgan fingerprint density at radius 2 is 2.00 bits per heavy atom. The monoisotopic (exact) mass is 215 g/mol. The standard InChI is InChI=1S/C14H17NO/c16-10-11-5-6-14-12(9-11)7-8-15(14)13-3-1-2-4-13/h5-9,13,16H,1-4,10H2. The molecular formula is C14H17NO. The molecule has 0 atom stereocenters. The number of aliphatic hydroxyl groups excluding tert-OH is 1. The lowest BCUT2D eigenvalue weighted by Crippen LogP contribution is -2.02. The predicted molar refractivity (Wildman–Crippen MR) is 65.4 cm³/mol. The van der Waals surface area contributed by atoms with Gasteiger partial charge in [-0.2, -0.15) is 0 Å². The Balaban J connectivity index is 2.06. The van der Waals surface area contributed by atoms with Crippen LogP contribution < -0.4 is 0 Å². The average Bonchev–Trinajstić information content (AvgIpc) is 2.96. The Kier molecular flexibility index (Phi) is 2.44.